The monoisotopic (exact) mass is 442 g/mol. The van der Waals surface area contributed by atoms with Crippen LogP contribution in [-0.4, -0.2) is 46.7 Å². The number of carbonyl (C=O) groups is 1. The summed E-state index contributed by atoms with van der Waals surface area (Å²) in [7, 11) is 1.61. The van der Waals surface area contributed by atoms with Crippen LogP contribution in [0.1, 0.15) is 28.5 Å². The fourth-order valence-electron chi connectivity index (χ4n) is 2.85. The van der Waals surface area contributed by atoms with E-state index in [0.717, 1.165) is 5.39 Å². The van der Waals surface area contributed by atoms with Crippen LogP contribution in [-0.2, 0) is 0 Å². The molecule has 0 bridgehead atoms. The Hall–Kier alpha value is -3.43. The van der Waals surface area contributed by atoms with Crippen LogP contribution in [0.5, 0.6) is 0 Å². The van der Waals surface area contributed by atoms with E-state index >= 15 is 0 Å². The number of nitrogens with zero attached hydrogens (tertiary/aromatic N) is 3. The highest BCUT2D eigenvalue weighted by Gasteiger charge is 2.18. The number of carbonyl (C=O) groups excluding carboxylic acids is 1. The standard InChI is InChI=1S/C21H20ClFN6O2/c1-25-19(6-7-24)29-20-9-17-13(10-26-20)3-5-16(27-17)21(31)28-18(11-30)12-2-4-14(22)15(23)8-12/h2-5,7-10,18,24,30H,6,11H2,1H3,(H,28,31)(H,25,26,29). The predicted octanol–water partition coefficient (Wildman–Crippen LogP) is 3.37. The summed E-state index contributed by atoms with van der Waals surface area (Å²) in [6.07, 6.45) is 3.16. The second kappa shape index (κ2) is 10.1. The van der Waals surface area contributed by atoms with Gasteiger partial charge in [0, 0.05) is 37.3 Å². The van der Waals surface area contributed by atoms with E-state index in [-0.39, 0.29) is 10.7 Å². The first kappa shape index (κ1) is 22.3. The number of pyridine rings is 2. The third kappa shape index (κ3) is 5.39. The Morgan fingerprint density at radius 2 is 2.16 bits per heavy atom. The molecule has 0 saturated carbocycles. The van der Waals surface area contributed by atoms with Crippen molar-refractivity contribution in [2.24, 2.45) is 4.99 Å². The minimum absolute atomic E-state index is 0.0436. The minimum atomic E-state index is -0.823. The summed E-state index contributed by atoms with van der Waals surface area (Å²) in [5, 5.41) is 23.2. The Labute approximate surface area is 182 Å². The van der Waals surface area contributed by atoms with Gasteiger partial charge in [-0.1, -0.05) is 17.7 Å². The van der Waals surface area contributed by atoms with Gasteiger partial charge in [-0.25, -0.2) is 14.4 Å². The number of hydrogen-bond donors (Lipinski definition) is 4. The molecule has 0 aliphatic carbocycles. The predicted molar refractivity (Wildman–Crippen MR) is 119 cm³/mol. The van der Waals surface area contributed by atoms with Gasteiger partial charge in [0.2, 0.25) is 0 Å². The Morgan fingerprint density at radius 3 is 2.84 bits per heavy atom. The van der Waals surface area contributed by atoms with Crippen molar-refractivity contribution in [2.75, 3.05) is 19.0 Å². The topological polar surface area (TPSA) is 123 Å². The molecule has 3 rings (SSSR count). The van der Waals surface area contributed by atoms with Gasteiger partial charge in [0.05, 0.1) is 23.2 Å². The zero-order chi connectivity index (χ0) is 22.4. The number of rotatable bonds is 7. The van der Waals surface area contributed by atoms with Crippen molar-refractivity contribution in [3.63, 3.8) is 0 Å². The highest BCUT2D eigenvalue weighted by Crippen LogP contribution is 2.21. The first-order chi connectivity index (χ1) is 14.9. The van der Waals surface area contributed by atoms with Crippen molar-refractivity contribution in [1.82, 2.24) is 15.3 Å². The fourth-order valence-corrected chi connectivity index (χ4v) is 2.97. The first-order valence-corrected chi connectivity index (χ1v) is 9.68. The molecule has 0 aliphatic heterocycles. The van der Waals surface area contributed by atoms with E-state index in [9.17, 15) is 14.3 Å². The maximum atomic E-state index is 13.7. The van der Waals surface area contributed by atoms with Crippen molar-refractivity contribution >= 4 is 46.3 Å². The van der Waals surface area contributed by atoms with Crippen LogP contribution in [0.3, 0.4) is 0 Å². The zero-order valence-corrected chi connectivity index (χ0v) is 17.3. The highest BCUT2D eigenvalue weighted by molar-refractivity contribution is 6.30. The van der Waals surface area contributed by atoms with E-state index < -0.39 is 24.4 Å². The van der Waals surface area contributed by atoms with Gasteiger partial charge in [-0.2, -0.15) is 0 Å². The lowest BCUT2D eigenvalue weighted by Gasteiger charge is -2.17. The molecule has 31 heavy (non-hydrogen) atoms. The van der Waals surface area contributed by atoms with Gasteiger partial charge >= 0.3 is 0 Å². The van der Waals surface area contributed by atoms with E-state index in [1.54, 1.807) is 25.4 Å². The van der Waals surface area contributed by atoms with Crippen molar-refractivity contribution in [1.29, 1.82) is 5.41 Å². The molecule has 0 spiro atoms. The van der Waals surface area contributed by atoms with Gasteiger partial charge in [0.25, 0.3) is 5.91 Å². The normalized spacial score (nSPS) is 12.5. The quantitative estimate of drug-likeness (QED) is 0.330. The van der Waals surface area contributed by atoms with E-state index in [2.05, 4.69) is 25.6 Å². The second-order valence-corrected chi connectivity index (χ2v) is 6.95. The number of halogens is 2. The first-order valence-electron chi connectivity index (χ1n) is 9.30. The van der Waals surface area contributed by atoms with Crippen molar-refractivity contribution < 1.29 is 14.3 Å². The third-order valence-electron chi connectivity index (χ3n) is 4.48. The lowest BCUT2D eigenvalue weighted by Crippen LogP contribution is -2.31. The molecular weight excluding hydrogens is 423 g/mol. The van der Waals surface area contributed by atoms with Crippen LogP contribution in [0.4, 0.5) is 10.2 Å². The average molecular weight is 443 g/mol. The Balaban J connectivity index is 1.82. The van der Waals surface area contributed by atoms with Gasteiger partial charge in [0.1, 0.15) is 23.2 Å². The number of aliphatic hydroxyl groups excluding tert-OH is 1. The molecule has 10 heteroatoms. The molecule has 1 amide bonds. The van der Waals surface area contributed by atoms with E-state index in [1.807, 2.05) is 0 Å². The van der Waals surface area contributed by atoms with E-state index in [1.165, 1.54) is 30.5 Å². The number of amidine groups is 1. The molecule has 160 valence electrons. The molecule has 8 nitrogen and oxygen atoms in total. The number of benzene rings is 1. The summed E-state index contributed by atoms with van der Waals surface area (Å²) in [6.45, 7) is -0.426. The van der Waals surface area contributed by atoms with Crippen LogP contribution >= 0.6 is 11.6 Å². The number of amides is 1. The van der Waals surface area contributed by atoms with Crippen LogP contribution in [0, 0.1) is 11.2 Å². The second-order valence-electron chi connectivity index (χ2n) is 6.54. The smallest absolute Gasteiger partial charge is 0.270 e. The van der Waals surface area contributed by atoms with Gasteiger partial charge in [-0.15, -0.1) is 0 Å². The van der Waals surface area contributed by atoms with E-state index in [4.69, 9.17) is 17.0 Å². The summed E-state index contributed by atoms with van der Waals surface area (Å²) in [6, 6.07) is 8.15. The Kier molecular flexibility index (Phi) is 7.22. The molecule has 1 aromatic carbocycles. The number of aliphatic imine (C=N–C) groups is 1. The Bertz CT molecular complexity index is 1150. The largest absolute Gasteiger partial charge is 0.394 e. The molecule has 3 aromatic rings. The molecule has 4 N–H and O–H groups in total. The van der Waals surface area contributed by atoms with Gasteiger partial charge < -0.3 is 21.1 Å². The summed E-state index contributed by atoms with van der Waals surface area (Å²) in [4.78, 5) is 25.4. The summed E-state index contributed by atoms with van der Waals surface area (Å²) in [5.41, 5.74) is 1.03. The lowest BCUT2D eigenvalue weighted by atomic mass is 10.1. The molecule has 0 saturated heterocycles. The molecule has 0 fully saturated rings. The van der Waals surface area contributed by atoms with Crippen molar-refractivity contribution in [3.8, 4) is 0 Å². The van der Waals surface area contributed by atoms with Crippen LogP contribution < -0.4 is 10.6 Å². The van der Waals surface area contributed by atoms with E-state index in [0.29, 0.717) is 29.2 Å². The van der Waals surface area contributed by atoms with Crippen LogP contribution in [0.25, 0.3) is 10.9 Å². The molecule has 0 radical (unpaired) electrons. The summed E-state index contributed by atoms with van der Waals surface area (Å²) < 4.78 is 13.7. The number of fused-ring (bicyclic) bond motifs is 1. The van der Waals surface area contributed by atoms with Gasteiger partial charge in [-0.05, 0) is 29.8 Å². The summed E-state index contributed by atoms with van der Waals surface area (Å²) >= 11 is 5.69. The molecule has 1 atom stereocenters. The number of aliphatic hydroxyl groups is 1. The Morgan fingerprint density at radius 1 is 1.35 bits per heavy atom. The highest BCUT2D eigenvalue weighted by atomic mass is 35.5. The third-order valence-corrected chi connectivity index (χ3v) is 4.78. The number of aromatic nitrogens is 2. The molecular formula is C21H20ClFN6O2. The maximum Gasteiger partial charge on any atom is 0.270 e. The SMILES string of the molecule is CN=C(CC=N)Nc1cc2nc(C(=O)NC(CO)c3ccc(Cl)c(F)c3)ccc2cn1. The fraction of sp³-hybridized carbons (Fsp3) is 0.190. The molecule has 2 heterocycles. The van der Waals surface area contributed by atoms with Gasteiger partial charge in [0.15, 0.2) is 0 Å². The minimum Gasteiger partial charge on any atom is -0.394 e. The molecule has 1 unspecified atom stereocenters. The van der Waals surface area contributed by atoms with Crippen molar-refractivity contribution in [2.45, 2.75) is 12.5 Å². The maximum absolute atomic E-state index is 13.7. The molecule has 2 aromatic heterocycles. The van der Waals surface area contributed by atoms with Gasteiger partial charge in [-0.3, -0.25) is 9.79 Å². The molecule has 0 aliphatic rings. The number of nitrogens with one attached hydrogen (secondary N) is 3. The van der Waals surface area contributed by atoms with Crippen molar-refractivity contribution in [3.05, 3.63) is 64.7 Å². The average Bonchev–Trinajstić information content (AvgIpc) is 2.78. The number of anilines is 1. The zero-order valence-electron chi connectivity index (χ0n) is 16.6. The lowest BCUT2D eigenvalue weighted by molar-refractivity contribution is 0.0911. The number of hydrogen-bond acceptors (Lipinski definition) is 6. The van der Waals surface area contributed by atoms with Crippen LogP contribution in [0.2, 0.25) is 5.02 Å². The van der Waals surface area contributed by atoms with Crippen LogP contribution in [0.15, 0.2) is 47.6 Å². The summed E-state index contributed by atoms with van der Waals surface area (Å²) in [5.74, 6) is -0.120.